The Morgan fingerprint density at radius 2 is 2.27 bits per heavy atom. The number of fused-ring (bicyclic) bond motifs is 1. The average molecular weight is 221 g/mol. The van der Waals surface area contributed by atoms with Crippen LogP contribution in [0.25, 0.3) is 10.9 Å². The summed E-state index contributed by atoms with van der Waals surface area (Å²) in [5.74, 6) is 0. The number of carbonyl (C=O) groups excluding carboxylic acids is 1. The first-order chi connectivity index (χ1) is 7.20. The second-order valence-electron chi connectivity index (χ2n) is 3.39. The summed E-state index contributed by atoms with van der Waals surface area (Å²) in [5, 5.41) is 1.69. The Labute approximate surface area is 91.8 Å². The van der Waals surface area contributed by atoms with Gasteiger partial charge in [0.2, 0.25) is 6.08 Å². The molecule has 0 radical (unpaired) electrons. The van der Waals surface area contributed by atoms with Gasteiger partial charge in [-0.15, -0.1) is 0 Å². The minimum absolute atomic E-state index is 0.274. The number of rotatable bonds is 2. The molecule has 1 heterocycles. The summed E-state index contributed by atoms with van der Waals surface area (Å²) in [7, 11) is 0. The van der Waals surface area contributed by atoms with Gasteiger partial charge in [-0.1, -0.05) is 11.6 Å². The average Bonchev–Trinajstić information content (AvgIpc) is 2.53. The monoisotopic (exact) mass is 220 g/mol. The second kappa shape index (κ2) is 3.89. The van der Waals surface area contributed by atoms with E-state index in [1.54, 1.807) is 0 Å². The molecule has 0 atom stereocenters. The number of nitrogens with one attached hydrogen (secondary N) is 1. The van der Waals surface area contributed by atoms with E-state index in [1.807, 2.05) is 25.1 Å². The summed E-state index contributed by atoms with van der Waals surface area (Å²) in [5.41, 5.74) is 2.92. The number of nitrogens with zero attached hydrogens (tertiary/aromatic N) is 1. The summed E-state index contributed by atoms with van der Waals surface area (Å²) in [6, 6.07) is 5.80. The minimum atomic E-state index is 0.274. The highest BCUT2D eigenvalue weighted by atomic mass is 35.5. The Bertz CT molecular complexity index is 553. The summed E-state index contributed by atoms with van der Waals surface area (Å²) in [4.78, 5) is 16.7. The zero-order valence-electron chi connectivity index (χ0n) is 8.17. The zero-order valence-corrected chi connectivity index (χ0v) is 8.93. The van der Waals surface area contributed by atoms with Crippen LogP contribution in [0.3, 0.4) is 0 Å². The number of halogens is 1. The fourth-order valence-corrected chi connectivity index (χ4v) is 1.81. The van der Waals surface area contributed by atoms with E-state index in [1.165, 1.54) is 6.08 Å². The summed E-state index contributed by atoms with van der Waals surface area (Å²) in [6.45, 7) is 2.26. The Hall–Kier alpha value is -1.57. The van der Waals surface area contributed by atoms with E-state index < -0.39 is 0 Å². The first kappa shape index (κ1) is 9.97. The minimum Gasteiger partial charge on any atom is -0.359 e. The van der Waals surface area contributed by atoms with Crippen molar-refractivity contribution in [1.29, 1.82) is 0 Å². The van der Waals surface area contributed by atoms with Crippen LogP contribution in [0, 0.1) is 6.92 Å². The molecule has 0 spiro atoms. The molecule has 2 aromatic rings. The van der Waals surface area contributed by atoms with E-state index >= 15 is 0 Å². The first-order valence-corrected chi connectivity index (χ1v) is 4.90. The lowest BCUT2D eigenvalue weighted by atomic mass is 10.1. The van der Waals surface area contributed by atoms with Gasteiger partial charge in [0, 0.05) is 21.6 Å². The van der Waals surface area contributed by atoms with Crippen LogP contribution in [-0.4, -0.2) is 11.1 Å². The third kappa shape index (κ3) is 1.94. The van der Waals surface area contributed by atoms with E-state index in [2.05, 4.69) is 9.98 Å². The summed E-state index contributed by atoms with van der Waals surface area (Å²) < 4.78 is 0. The molecule has 0 amide bonds. The molecule has 1 N–H and O–H groups in total. The van der Waals surface area contributed by atoms with Crippen LogP contribution in [0.4, 0.5) is 0 Å². The van der Waals surface area contributed by atoms with Crippen molar-refractivity contribution in [3.8, 4) is 0 Å². The maximum atomic E-state index is 10.0. The molecule has 0 bridgehead atoms. The molecule has 4 heteroatoms. The summed E-state index contributed by atoms with van der Waals surface area (Å²) >= 11 is 6.04. The van der Waals surface area contributed by atoms with E-state index in [4.69, 9.17) is 11.6 Å². The van der Waals surface area contributed by atoms with Gasteiger partial charge in [0.25, 0.3) is 0 Å². The number of benzene rings is 1. The molecule has 0 saturated heterocycles. The Morgan fingerprint density at radius 1 is 1.47 bits per heavy atom. The molecule has 2 rings (SSSR count). The molecule has 15 heavy (non-hydrogen) atoms. The smallest absolute Gasteiger partial charge is 0.235 e. The van der Waals surface area contributed by atoms with Crippen molar-refractivity contribution in [3.63, 3.8) is 0 Å². The van der Waals surface area contributed by atoms with Gasteiger partial charge in [-0.25, -0.2) is 9.79 Å². The summed E-state index contributed by atoms with van der Waals surface area (Å²) in [6.07, 6.45) is 1.50. The SMILES string of the molecule is Cc1cc2cc(Cl)c(CN=C=O)cc2[nH]1. The van der Waals surface area contributed by atoms with Crippen LogP contribution in [0.15, 0.2) is 23.2 Å². The van der Waals surface area contributed by atoms with Crippen LogP contribution in [0.1, 0.15) is 11.3 Å². The molecule has 0 fully saturated rings. The second-order valence-corrected chi connectivity index (χ2v) is 3.80. The third-order valence-corrected chi connectivity index (χ3v) is 2.59. The van der Waals surface area contributed by atoms with E-state index in [-0.39, 0.29) is 6.54 Å². The Morgan fingerprint density at radius 3 is 3.00 bits per heavy atom. The largest absolute Gasteiger partial charge is 0.359 e. The standard InChI is InChI=1S/C11H9ClN2O/c1-7-2-8-3-10(12)9(5-13-6-15)4-11(8)14-7/h2-4,14H,5H2,1H3. The van der Waals surface area contributed by atoms with Gasteiger partial charge in [0.05, 0.1) is 6.54 Å². The fourth-order valence-electron chi connectivity index (χ4n) is 1.58. The van der Waals surface area contributed by atoms with Crippen molar-refractivity contribution in [2.75, 3.05) is 0 Å². The molecule has 1 aromatic heterocycles. The van der Waals surface area contributed by atoms with Gasteiger partial charge in [-0.05, 0) is 30.7 Å². The lowest BCUT2D eigenvalue weighted by Gasteiger charge is -1.99. The molecular formula is C11H9ClN2O. The first-order valence-electron chi connectivity index (χ1n) is 4.52. The van der Waals surface area contributed by atoms with Gasteiger partial charge in [-0.3, -0.25) is 0 Å². The highest BCUT2D eigenvalue weighted by molar-refractivity contribution is 6.32. The third-order valence-electron chi connectivity index (χ3n) is 2.24. The maximum Gasteiger partial charge on any atom is 0.235 e. The van der Waals surface area contributed by atoms with Gasteiger partial charge in [-0.2, -0.15) is 0 Å². The van der Waals surface area contributed by atoms with Gasteiger partial charge >= 0.3 is 0 Å². The fraction of sp³-hybridized carbons (Fsp3) is 0.182. The number of aromatic nitrogens is 1. The van der Waals surface area contributed by atoms with Crippen molar-refractivity contribution in [2.24, 2.45) is 4.99 Å². The van der Waals surface area contributed by atoms with Crippen molar-refractivity contribution in [3.05, 3.63) is 34.5 Å². The predicted octanol–water partition coefficient (Wildman–Crippen LogP) is 2.97. The highest BCUT2D eigenvalue weighted by Gasteiger charge is 2.04. The van der Waals surface area contributed by atoms with E-state index in [0.717, 1.165) is 22.2 Å². The lowest BCUT2D eigenvalue weighted by molar-refractivity contribution is 0.563. The van der Waals surface area contributed by atoms with Crippen molar-refractivity contribution in [1.82, 2.24) is 4.98 Å². The van der Waals surface area contributed by atoms with Gasteiger partial charge < -0.3 is 4.98 Å². The molecular weight excluding hydrogens is 212 g/mol. The molecule has 76 valence electrons. The van der Waals surface area contributed by atoms with Crippen molar-refractivity contribution in [2.45, 2.75) is 13.5 Å². The molecule has 3 nitrogen and oxygen atoms in total. The number of aliphatic imine (C=N–C) groups is 1. The molecule has 0 aliphatic carbocycles. The normalized spacial score (nSPS) is 10.3. The molecule has 0 aliphatic heterocycles. The zero-order chi connectivity index (χ0) is 10.8. The van der Waals surface area contributed by atoms with Crippen LogP contribution in [0.5, 0.6) is 0 Å². The van der Waals surface area contributed by atoms with Gasteiger partial charge in [0.15, 0.2) is 0 Å². The van der Waals surface area contributed by atoms with E-state index in [9.17, 15) is 4.79 Å². The number of isocyanates is 1. The number of aromatic amines is 1. The van der Waals surface area contributed by atoms with E-state index in [0.29, 0.717) is 5.02 Å². The number of hydrogen-bond acceptors (Lipinski definition) is 2. The van der Waals surface area contributed by atoms with Crippen LogP contribution in [0.2, 0.25) is 5.02 Å². The van der Waals surface area contributed by atoms with Crippen LogP contribution < -0.4 is 0 Å². The number of aryl methyl sites for hydroxylation is 1. The number of hydrogen-bond donors (Lipinski definition) is 1. The van der Waals surface area contributed by atoms with Crippen LogP contribution >= 0.6 is 11.6 Å². The molecule has 0 aliphatic rings. The molecule has 0 unspecified atom stereocenters. The molecule has 0 saturated carbocycles. The maximum absolute atomic E-state index is 10.0. The Balaban J connectivity index is 2.55. The quantitative estimate of drug-likeness (QED) is 0.614. The number of H-pyrrole nitrogens is 1. The van der Waals surface area contributed by atoms with Crippen LogP contribution in [-0.2, 0) is 11.3 Å². The van der Waals surface area contributed by atoms with Crippen molar-refractivity contribution < 1.29 is 4.79 Å². The van der Waals surface area contributed by atoms with Crippen molar-refractivity contribution >= 4 is 28.6 Å². The lowest BCUT2D eigenvalue weighted by Crippen LogP contribution is -1.83. The Kier molecular flexibility index (Phi) is 2.58. The molecule has 1 aromatic carbocycles. The van der Waals surface area contributed by atoms with Gasteiger partial charge in [0.1, 0.15) is 0 Å². The topological polar surface area (TPSA) is 45.2 Å². The predicted molar refractivity (Wildman–Crippen MR) is 59.9 cm³/mol. The highest BCUT2D eigenvalue weighted by Crippen LogP contribution is 2.24.